The smallest absolute Gasteiger partial charge is 0.0589 e. The van der Waals surface area contributed by atoms with Gasteiger partial charge < -0.3 is 19.7 Å². The number of rotatable bonds is 11. The quantitative estimate of drug-likeness (QED) is 0.581. The lowest BCUT2D eigenvalue weighted by atomic mass is 10.0. The lowest BCUT2D eigenvalue weighted by molar-refractivity contribution is 0.119. The zero-order valence-corrected chi connectivity index (χ0v) is 13.0. The van der Waals surface area contributed by atoms with Crippen molar-refractivity contribution in [2.24, 2.45) is 5.92 Å². The second-order valence-corrected chi connectivity index (χ2v) is 5.49. The van der Waals surface area contributed by atoms with Crippen LogP contribution in [-0.2, 0) is 9.47 Å². The molecule has 114 valence electrons. The van der Waals surface area contributed by atoms with Crippen LogP contribution in [-0.4, -0.2) is 64.6 Å². The molecule has 1 fully saturated rings. The van der Waals surface area contributed by atoms with Gasteiger partial charge >= 0.3 is 0 Å². The Hall–Kier alpha value is -0.160. The molecule has 0 spiro atoms. The molecule has 2 unspecified atom stereocenters. The van der Waals surface area contributed by atoms with E-state index in [0.717, 1.165) is 51.2 Å². The number of hydrogen-bond acceptors (Lipinski definition) is 4. The lowest BCUT2D eigenvalue weighted by Gasteiger charge is -2.28. The third-order valence-electron chi connectivity index (χ3n) is 4.05. The van der Waals surface area contributed by atoms with E-state index < -0.39 is 0 Å². The van der Waals surface area contributed by atoms with Gasteiger partial charge in [0.25, 0.3) is 0 Å². The Bertz CT molecular complexity index is 214. The minimum Gasteiger partial charge on any atom is -0.385 e. The summed E-state index contributed by atoms with van der Waals surface area (Å²) in [6, 6.07) is 0.720. The van der Waals surface area contributed by atoms with Gasteiger partial charge in [0.15, 0.2) is 0 Å². The van der Waals surface area contributed by atoms with Gasteiger partial charge in [-0.15, -0.1) is 0 Å². The minimum absolute atomic E-state index is 0.720. The van der Waals surface area contributed by atoms with E-state index in [0.29, 0.717) is 0 Å². The highest BCUT2D eigenvalue weighted by Crippen LogP contribution is 2.26. The fourth-order valence-electron chi connectivity index (χ4n) is 3.07. The molecule has 0 radical (unpaired) electrons. The van der Waals surface area contributed by atoms with E-state index in [4.69, 9.17) is 9.47 Å². The molecule has 4 nitrogen and oxygen atoms in total. The zero-order valence-electron chi connectivity index (χ0n) is 13.0. The second-order valence-electron chi connectivity index (χ2n) is 5.49. The number of nitrogens with zero attached hydrogens (tertiary/aromatic N) is 1. The highest BCUT2D eigenvalue weighted by Gasteiger charge is 2.27. The molecule has 0 aromatic rings. The topological polar surface area (TPSA) is 33.7 Å². The van der Waals surface area contributed by atoms with Crippen molar-refractivity contribution in [3.63, 3.8) is 0 Å². The Morgan fingerprint density at radius 3 is 2.58 bits per heavy atom. The maximum absolute atomic E-state index is 5.23. The molecule has 0 amide bonds. The number of methoxy groups -OCH3 is 2. The average molecular weight is 272 g/mol. The summed E-state index contributed by atoms with van der Waals surface area (Å²) < 4.78 is 10.4. The van der Waals surface area contributed by atoms with Crippen LogP contribution in [0.25, 0.3) is 0 Å². The van der Waals surface area contributed by atoms with Crippen molar-refractivity contribution >= 4 is 0 Å². The van der Waals surface area contributed by atoms with Crippen LogP contribution in [0.15, 0.2) is 0 Å². The first-order valence-corrected chi connectivity index (χ1v) is 7.75. The highest BCUT2D eigenvalue weighted by atomic mass is 16.5. The maximum Gasteiger partial charge on any atom is 0.0589 e. The Morgan fingerprint density at radius 2 is 1.89 bits per heavy atom. The molecule has 1 N–H and O–H groups in total. The molecule has 0 heterocycles. The van der Waals surface area contributed by atoms with Crippen molar-refractivity contribution in [3.05, 3.63) is 0 Å². The SMILES string of the molecule is CCNC1CCCC1CN(CCCOC)CCOC. The summed E-state index contributed by atoms with van der Waals surface area (Å²) in [5, 5.41) is 3.64. The third-order valence-corrected chi connectivity index (χ3v) is 4.05. The van der Waals surface area contributed by atoms with E-state index in [-0.39, 0.29) is 0 Å². The Morgan fingerprint density at radius 1 is 1.11 bits per heavy atom. The standard InChI is InChI=1S/C15H32N2O2/c1-4-16-15-8-5-7-14(15)13-17(10-12-19-3)9-6-11-18-2/h14-16H,4-13H2,1-3H3. The van der Waals surface area contributed by atoms with Gasteiger partial charge in [0.2, 0.25) is 0 Å². The van der Waals surface area contributed by atoms with E-state index in [1.807, 2.05) is 0 Å². The molecule has 2 atom stereocenters. The largest absolute Gasteiger partial charge is 0.385 e. The van der Waals surface area contributed by atoms with Crippen LogP contribution in [0.2, 0.25) is 0 Å². The average Bonchev–Trinajstić information content (AvgIpc) is 2.84. The molecule has 1 saturated carbocycles. The van der Waals surface area contributed by atoms with Gasteiger partial charge in [-0.1, -0.05) is 13.3 Å². The predicted molar refractivity (Wildman–Crippen MR) is 79.6 cm³/mol. The van der Waals surface area contributed by atoms with Gasteiger partial charge in [-0.05, 0) is 31.7 Å². The van der Waals surface area contributed by atoms with Gasteiger partial charge in [-0.25, -0.2) is 0 Å². The van der Waals surface area contributed by atoms with Crippen molar-refractivity contribution in [2.75, 3.05) is 53.6 Å². The van der Waals surface area contributed by atoms with Crippen molar-refractivity contribution in [1.82, 2.24) is 10.2 Å². The second kappa shape index (κ2) is 10.6. The first-order valence-electron chi connectivity index (χ1n) is 7.75. The lowest BCUT2D eigenvalue weighted by Crippen LogP contribution is -2.41. The van der Waals surface area contributed by atoms with Gasteiger partial charge in [0.05, 0.1) is 6.61 Å². The van der Waals surface area contributed by atoms with Crippen LogP contribution in [0.4, 0.5) is 0 Å². The monoisotopic (exact) mass is 272 g/mol. The number of nitrogens with one attached hydrogen (secondary N) is 1. The van der Waals surface area contributed by atoms with Gasteiger partial charge in [0, 0.05) is 46.5 Å². The molecular formula is C15H32N2O2. The Kier molecular flexibility index (Phi) is 9.43. The molecule has 0 aromatic heterocycles. The molecule has 1 rings (SSSR count). The predicted octanol–water partition coefficient (Wildman–Crippen LogP) is 1.75. The Balaban J connectivity index is 2.35. The maximum atomic E-state index is 5.23. The fourth-order valence-corrected chi connectivity index (χ4v) is 3.07. The first-order chi connectivity index (χ1) is 9.31. The summed E-state index contributed by atoms with van der Waals surface area (Å²) in [4.78, 5) is 2.54. The van der Waals surface area contributed by atoms with E-state index >= 15 is 0 Å². The highest BCUT2D eigenvalue weighted by molar-refractivity contribution is 4.85. The molecule has 1 aliphatic carbocycles. The number of hydrogen-bond donors (Lipinski definition) is 1. The van der Waals surface area contributed by atoms with E-state index in [1.54, 1.807) is 14.2 Å². The third kappa shape index (κ3) is 6.70. The summed E-state index contributed by atoms with van der Waals surface area (Å²) in [7, 11) is 3.56. The molecule has 0 aliphatic heterocycles. The van der Waals surface area contributed by atoms with Crippen molar-refractivity contribution in [3.8, 4) is 0 Å². The van der Waals surface area contributed by atoms with Gasteiger partial charge in [-0.3, -0.25) is 0 Å². The van der Waals surface area contributed by atoms with Crippen LogP contribution in [0.1, 0.15) is 32.6 Å². The molecule has 0 saturated heterocycles. The molecule has 19 heavy (non-hydrogen) atoms. The van der Waals surface area contributed by atoms with Gasteiger partial charge in [-0.2, -0.15) is 0 Å². The van der Waals surface area contributed by atoms with Crippen LogP contribution in [0.3, 0.4) is 0 Å². The zero-order chi connectivity index (χ0) is 13.9. The summed E-state index contributed by atoms with van der Waals surface area (Å²) in [6.07, 6.45) is 5.19. The molecule has 0 aromatic carbocycles. The van der Waals surface area contributed by atoms with Crippen LogP contribution in [0.5, 0.6) is 0 Å². The molecular weight excluding hydrogens is 240 g/mol. The molecule has 1 aliphatic rings. The van der Waals surface area contributed by atoms with Crippen LogP contribution < -0.4 is 5.32 Å². The van der Waals surface area contributed by atoms with E-state index in [9.17, 15) is 0 Å². The first kappa shape index (κ1) is 16.9. The Labute approximate surface area is 118 Å². The number of ether oxygens (including phenoxy) is 2. The van der Waals surface area contributed by atoms with Crippen molar-refractivity contribution < 1.29 is 9.47 Å². The van der Waals surface area contributed by atoms with Crippen molar-refractivity contribution in [1.29, 1.82) is 0 Å². The van der Waals surface area contributed by atoms with Crippen LogP contribution in [0, 0.1) is 5.92 Å². The van der Waals surface area contributed by atoms with Crippen molar-refractivity contribution in [2.45, 2.75) is 38.6 Å². The minimum atomic E-state index is 0.720. The van der Waals surface area contributed by atoms with E-state index in [1.165, 1.54) is 25.8 Å². The summed E-state index contributed by atoms with van der Waals surface area (Å²) >= 11 is 0. The van der Waals surface area contributed by atoms with Crippen LogP contribution >= 0.6 is 0 Å². The van der Waals surface area contributed by atoms with E-state index in [2.05, 4.69) is 17.1 Å². The molecule has 4 heteroatoms. The molecule has 0 bridgehead atoms. The normalized spacial score (nSPS) is 23.4. The summed E-state index contributed by atoms with van der Waals surface area (Å²) in [5.41, 5.74) is 0. The van der Waals surface area contributed by atoms with Gasteiger partial charge in [0.1, 0.15) is 0 Å². The fraction of sp³-hybridized carbons (Fsp3) is 1.00. The summed E-state index contributed by atoms with van der Waals surface area (Å²) in [5.74, 6) is 0.805. The summed E-state index contributed by atoms with van der Waals surface area (Å²) in [6.45, 7) is 8.32.